The van der Waals surface area contributed by atoms with Crippen molar-refractivity contribution in [1.82, 2.24) is 9.88 Å². The van der Waals surface area contributed by atoms with Crippen LogP contribution in [0.2, 0.25) is 0 Å². The van der Waals surface area contributed by atoms with Crippen molar-refractivity contribution in [3.63, 3.8) is 0 Å². The van der Waals surface area contributed by atoms with Crippen LogP contribution in [0.15, 0.2) is 23.4 Å². The number of likely N-dealkylation sites (tertiary alicyclic amines) is 1. The summed E-state index contributed by atoms with van der Waals surface area (Å²) in [5.41, 5.74) is -0.380. The molecule has 4 nitrogen and oxygen atoms in total. The highest BCUT2D eigenvalue weighted by Crippen LogP contribution is 2.48. The van der Waals surface area contributed by atoms with Gasteiger partial charge in [0.15, 0.2) is 0 Å². The Bertz CT molecular complexity index is 560. The Morgan fingerprint density at radius 3 is 2.48 bits per heavy atom. The summed E-state index contributed by atoms with van der Waals surface area (Å²) in [6.45, 7) is 2.23. The molecule has 25 heavy (non-hydrogen) atoms. The molecule has 138 valence electrons. The lowest BCUT2D eigenvalue weighted by Gasteiger charge is -2.32. The fourth-order valence-corrected chi connectivity index (χ4v) is 6.19. The number of aromatic hydroxyl groups is 1. The molecule has 0 aromatic carbocycles. The number of pyridine rings is 1. The van der Waals surface area contributed by atoms with E-state index in [1.54, 1.807) is 17.8 Å². The van der Waals surface area contributed by atoms with E-state index in [2.05, 4.69) is 9.88 Å². The predicted molar refractivity (Wildman–Crippen MR) is 101 cm³/mol. The van der Waals surface area contributed by atoms with E-state index in [1.165, 1.54) is 38.3 Å². The second-order valence-corrected chi connectivity index (χ2v) is 9.49. The summed E-state index contributed by atoms with van der Waals surface area (Å²) in [5.74, 6) is 3.28. The second kappa shape index (κ2) is 7.45. The van der Waals surface area contributed by atoms with E-state index < -0.39 is 0 Å². The smallest absolute Gasteiger partial charge is 0.133 e. The minimum absolute atomic E-state index is 0.220. The third kappa shape index (κ3) is 4.32. The number of hydrogen-bond donors (Lipinski definition) is 2. The standard InChI is InChI=1S/C20H30N2O2S/c23-18-6-7-19(21-11-18)25-14-22-12-16-9-20(24,10-17(16)13-22)8-15-4-2-1-3-5-15/h6-7,11,15-17,23-24H,1-5,8-10,12-14H2/t16-,17+,20?. The fourth-order valence-electron chi connectivity index (χ4n) is 5.37. The van der Waals surface area contributed by atoms with Gasteiger partial charge in [-0.2, -0.15) is 0 Å². The second-order valence-electron chi connectivity index (χ2n) is 8.52. The van der Waals surface area contributed by atoms with E-state index in [1.807, 2.05) is 6.07 Å². The Kier molecular flexibility index (Phi) is 5.25. The first-order valence-electron chi connectivity index (χ1n) is 9.82. The van der Waals surface area contributed by atoms with Crippen LogP contribution in [0.25, 0.3) is 0 Å². The van der Waals surface area contributed by atoms with Gasteiger partial charge in [-0.1, -0.05) is 43.9 Å². The Labute approximate surface area is 155 Å². The minimum Gasteiger partial charge on any atom is -0.506 e. The van der Waals surface area contributed by atoms with E-state index >= 15 is 0 Å². The van der Waals surface area contributed by atoms with Crippen LogP contribution in [0.1, 0.15) is 51.4 Å². The van der Waals surface area contributed by atoms with Gasteiger partial charge in [-0.25, -0.2) is 4.98 Å². The van der Waals surface area contributed by atoms with Crippen LogP contribution in [-0.2, 0) is 0 Å². The molecule has 1 saturated heterocycles. The lowest BCUT2D eigenvalue weighted by Crippen LogP contribution is -2.32. The largest absolute Gasteiger partial charge is 0.506 e. The maximum atomic E-state index is 11.1. The molecule has 0 bridgehead atoms. The zero-order chi connectivity index (χ0) is 17.3. The average Bonchev–Trinajstić information content (AvgIpc) is 3.09. The molecule has 1 aromatic rings. The van der Waals surface area contributed by atoms with Crippen molar-refractivity contribution >= 4 is 11.8 Å². The van der Waals surface area contributed by atoms with Crippen LogP contribution in [0.3, 0.4) is 0 Å². The highest BCUT2D eigenvalue weighted by atomic mass is 32.2. The molecule has 2 aliphatic carbocycles. The van der Waals surface area contributed by atoms with Gasteiger partial charge in [0.2, 0.25) is 0 Å². The van der Waals surface area contributed by atoms with Gasteiger partial charge < -0.3 is 10.2 Å². The molecule has 4 rings (SSSR count). The summed E-state index contributed by atoms with van der Waals surface area (Å²) >= 11 is 1.73. The first-order valence-corrected chi connectivity index (χ1v) is 10.8. The number of nitrogens with zero attached hydrogens (tertiary/aromatic N) is 2. The maximum absolute atomic E-state index is 11.1. The molecule has 1 aromatic heterocycles. The van der Waals surface area contributed by atoms with Crippen molar-refractivity contribution in [3.05, 3.63) is 18.3 Å². The van der Waals surface area contributed by atoms with E-state index in [0.29, 0.717) is 11.8 Å². The number of aliphatic hydroxyl groups is 1. The SMILES string of the molecule is Oc1ccc(SCN2C[C@@H]3CC(O)(CC4CCCCC4)C[C@@H]3C2)nc1. The molecule has 3 fully saturated rings. The van der Waals surface area contributed by atoms with Crippen LogP contribution < -0.4 is 0 Å². The number of thioether (sulfide) groups is 1. The number of rotatable bonds is 5. The Hall–Kier alpha value is -0.780. The summed E-state index contributed by atoms with van der Waals surface area (Å²) in [5, 5.41) is 21.4. The lowest BCUT2D eigenvalue weighted by molar-refractivity contribution is 0.00658. The summed E-state index contributed by atoms with van der Waals surface area (Å²) in [6, 6.07) is 3.57. The van der Waals surface area contributed by atoms with Gasteiger partial charge in [0.1, 0.15) is 5.75 Å². The topological polar surface area (TPSA) is 56.6 Å². The van der Waals surface area contributed by atoms with Crippen molar-refractivity contribution in [3.8, 4) is 5.75 Å². The van der Waals surface area contributed by atoms with Gasteiger partial charge in [-0.3, -0.25) is 4.90 Å². The first kappa shape index (κ1) is 17.6. The molecule has 0 spiro atoms. The molecule has 1 aliphatic heterocycles. The monoisotopic (exact) mass is 362 g/mol. The van der Waals surface area contributed by atoms with Gasteiger partial charge in [0.05, 0.1) is 22.7 Å². The summed E-state index contributed by atoms with van der Waals surface area (Å²) in [7, 11) is 0. The molecular formula is C20H30N2O2S. The van der Waals surface area contributed by atoms with Gasteiger partial charge in [-0.05, 0) is 49.1 Å². The molecular weight excluding hydrogens is 332 g/mol. The van der Waals surface area contributed by atoms with E-state index in [0.717, 1.165) is 49.2 Å². The van der Waals surface area contributed by atoms with Crippen LogP contribution >= 0.6 is 11.8 Å². The maximum Gasteiger partial charge on any atom is 0.133 e. The van der Waals surface area contributed by atoms with E-state index in [4.69, 9.17) is 0 Å². The van der Waals surface area contributed by atoms with Crippen molar-refractivity contribution in [2.75, 3.05) is 19.0 Å². The molecule has 3 atom stereocenters. The highest BCUT2D eigenvalue weighted by Gasteiger charge is 2.48. The molecule has 0 radical (unpaired) electrons. The minimum atomic E-state index is -0.380. The van der Waals surface area contributed by atoms with Crippen LogP contribution in [0.4, 0.5) is 0 Å². The van der Waals surface area contributed by atoms with Gasteiger partial charge in [-0.15, -0.1) is 0 Å². The lowest BCUT2D eigenvalue weighted by atomic mass is 9.79. The normalized spacial score (nSPS) is 33.6. The van der Waals surface area contributed by atoms with Gasteiger partial charge in [0.25, 0.3) is 0 Å². The average molecular weight is 363 g/mol. The molecule has 2 saturated carbocycles. The van der Waals surface area contributed by atoms with E-state index in [9.17, 15) is 10.2 Å². The van der Waals surface area contributed by atoms with Gasteiger partial charge in [0, 0.05) is 13.1 Å². The van der Waals surface area contributed by atoms with E-state index in [-0.39, 0.29) is 11.4 Å². The molecule has 3 aliphatic rings. The zero-order valence-electron chi connectivity index (χ0n) is 14.9. The molecule has 1 unspecified atom stereocenters. The third-order valence-electron chi connectivity index (χ3n) is 6.45. The van der Waals surface area contributed by atoms with Crippen LogP contribution in [-0.4, -0.2) is 44.7 Å². The molecule has 5 heteroatoms. The number of aromatic nitrogens is 1. The third-order valence-corrected chi connectivity index (χ3v) is 7.48. The summed E-state index contributed by atoms with van der Waals surface area (Å²) in [4.78, 5) is 6.75. The highest BCUT2D eigenvalue weighted by molar-refractivity contribution is 7.99. The van der Waals surface area contributed by atoms with Crippen molar-refractivity contribution in [2.45, 2.75) is 62.0 Å². The Morgan fingerprint density at radius 2 is 1.84 bits per heavy atom. The Morgan fingerprint density at radius 1 is 1.12 bits per heavy atom. The van der Waals surface area contributed by atoms with Crippen LogP contribution in [0.5, 0.6) is 5.75 Å². The summed E-state index contributed by atoms with van der Waals surface area (Å²) < 4.78 is 0. The quantitative estimate of drug-likeness (QED) is 0.779. The molecule has 0 amide bonds. The van der Waals surface area contributed by atoms with Gasteiger partial charge >= 0.3 is 0 Å². The van der Waals surface area contributed by atoms with Crippen LogP contribution in [0, 0.1) is 17.8 Å². The van der Waals surface area contributed by atoms with Crippen molar-refractivity contribution in [1.29, 1.82) is 0 Å². The fraction of sp³-hybridized carbons (Fsp3) is 0.750. The predicted octanol–water partition coefficient (Wildman–Crippen LogP) is 3.88. The molecule has 2 heterocycles. The van der Waals surface area contributed by atoms with Crippen molar-refractivity contribution in [2.24, 2.45) is 17.8 Å². The summed E-state index contributed by atoms with van der Waals surface area (Å²) in [6.07, 6.45) is 11.4. The number of hydrogen-bond acceptors (Lipinski definition) is 5. The Balaban J connectivity index is 1.25. The molecule has 2 N–H and O–H groups in total. The zero-order valence-corrected chi connectivity index (χ0v) is 15.8. The number of fused-ring (bicyclic) bond motifs is 1. The van der Waals surface area contributed by atoms with Crippen molar-refractivity contribution < 1.29 is 10.2 Å². The first-order chi connectivity index (χ1) is 12.1.